The summed E-state index contributed by atoms with van der Waals surface area (Å²) < 4.78 is 0.834. The monoisotopic (exact) mass is 342 g/mol. The predicted octanol–water partition coefficient (Wildman–Crippen LogP) is 2.33. The molecule has 0 aliphatic rings. The lowest BCUT2D eigenvalue weighted by molar-refractivity contribution is 0.274. The first kappa shape index (κ1) is 14.4. The van der Waals surface area contributed by atoms with Crippen molar-refractivity contribution in [3.05, 3.63) is 32.6 Å². The zero-order valence-electron chi connectivity index (χ0n) is 10.7. The summed E-state index contributed by atoms with van der Waals surface area (Å²) in [5, 5.41) is 12.7. The molecule has 0 fully saturated rings. The number of aromatic nitrogens is 3. The lowest BCUT2D eigenvalue weighted by Gasteiger charge is -2.17. The van der Waals surface area contributed by atoms with Gasteiger partial charge in [0.1, 0.15) is 11.6 Å². The number of rotatable bonds is 5. The van der Waals surface area contributed by atoms with Gasteiger partial charge in [-0.3, -0.25) is 4.98 Å². The summed E-state index contributed by atoms with van der Waals surface area (Å²) in [6.07, 6.45) is 2.54. The normalized spacial score (nSPS) is 12.4. The molecule has 0 spiro atoms. The molecule has 7 heteroatoms. The first-order valence-electron chi connectivity index (χ1n) is 5.85. The Kier molecular flexibility index (Phi) is 4.84. The maximum Gasteiger partial charge on any atom is 0.144 e. The van der Waals surface area contributed by atoms with Crippen LogP contribution < -0.4 is 5.32 Å². The van der Waals surface area contributed by atoms with Crippen LogP contribution in [0.1, 0.15) is 16.4 Å². The van der Waals surface area contributed by atoms with Crippen LogP contribution in [-0.4, -0.2) is 32.7 Å². The minimum Gasteiger partial charge on any atom is -0.394 e. The SMILES string of the molecule is Cc1nc(C)c(Br)c(NC(CO)Cc2cncs2)n1. The number of aliphatic hydroxyl groups is 1. The fraction of sp³-hybridized carbons (Fsp3) is 0.417. The van der Waals surface area contributed by atoms with E-state index in [2.05, 4.69) is 36.2 Å². The van der Waals surface area contributed by atoms with E-state index in [-0.39, 0.29) is 12.6 Å². The maximum atomic E-state index is 9.48. The summed E-state index contributed by atoms with van der Waals surface area (Å²) in [6.45, 7) is 3.80. The Hall–Kier alpha value is -1.05. The number of hydrogen-bond donors (Lipinski definition) is 2. The van der Waals surface area contributed by atoms with E-state index < -0.39 is 0 Å². The topological polar surface area (TPSA) is 70.9 Å². The summed E-state index contributed by atoms with van der Waals surface area (Å²) in [4.78, 5) is 13.8. The van der Waals surface area contributed by atoms with Gasteiger partial charge in [-0.15, -0.1) is 11.3 Å². The molecule has 0 amide bonds. The van der Waals surface area contributed by atoms with Crippen LogP contribution in [-0.2, 0) is 6.42 Å². The molecule has 1 atom stereocenters. The molecule has 2 N–H and O–H groups in total. The number of nitrogens with one attached hydrogen (secondary N) is 1. The van der Waals surface area contributed by atoms with Crippen molar-refractivity contribution < 1.29 is 5.11 Å². The van der Waals surface area contributed by atoms with Gasteiger partial charge in [-0.25, -0.2) is 9.97 Å². The fourth-order valence-electron chi connectivity index (χ4n) is 1.74. The van der Waals surface area contributed by atoms with E-state index in [1.54, 1.807) is 16.8 Å². The molecule has 2 aromatic rings. The van der Waals surface area contributed by atoms with Gasteiger partial charge in [0.15, 0.2) is 0 Å². The van der Waals surface area contributed by atoms with Crippen molar-refractivity contribution in [2.75, 3.05) is 11.9 Å². The highest BCUT2D eigenvalue weighted by molar-refractivity contribution is 9.10. The van der Waals surface area contributed by atoms with Crippen LogP contribution >= 0.6 is 27.3 Å². The lowest BCUT2D eigenvalue weighted by Crippen LogP contribution is -2.27. The second-order valence-corrected chi connectivity index (χ2v) is 5.98. The third-order valence-corrected chi connectivity index (χ3v) is 4.37. The number of nitrogens with zero attached hydrogens (tertiary/aromatic N) is 3. The van der Waals surface area contributed by atoms with Crippen LogP contribution in [0.3, 0.4) is 0 Å². The highest BCUT2D eigenvalue weighted by Gasteiger charge is 2.14. The summed E-state index contributed by atoms with van der Waals surface area (Å²) in [5.74, 6) is 1.42. The van der Waals surface area contributed by atoms with Crippen LogP contribution in [0.4, 0.5) is 5.82 Å². The summed E-state index contributed by atoms with van der Waals surface area (Å²) in [7, 11) is 0. The predicted molar refractivity (Wildman–Crippen MR) is 79.5 cm³/mol. The van der Waals surface area contributed by atoms with Gasteiger partial charge in [-0.05, 0) is 29.8 Å². The van der Waals surface area contributed by atoms with Gasteiger partial charge < -0.3 is 10.4 Å². The zero-order valence-corrected chi connectivity index (χ0v) is 13.1. The Balaban J connectivity index is 2.14. The van der Waals surface area contributed by atoms with E-state index in [1.165, 1.54) is 0 Å². The molecule has 2 rings (SSSR count). The lowest BCUT2D eigenvalue weighted by atomic mass is 10.2. The molecular weight excluding hydrogens is 328 g/mol. The Morgan fingerprint density at radius 2 is 2.21 bits per heavy atom. The average Bonchev–Trinajstić information content (AvgIpc) is 2.87. The van der Waals surface area contributed by atoms with Gasteiger partial charge in [-0.2, -0.15) is 0 Å². The van der Waals surface area contributed by atoms with Crippen LogP contribution in [0.25, 0.3) is 0 Å². The molecule has 0 bridgehead atoms. The van der Waals surface area contributed by atoms with Crippen LogP contribution in [0.5, 0.6) is 0 Å². The van der Waals surface area contributed by atoms with Crippen molar-refractivity contribution in [1.82, 2.24) is 15.0 Å². The highest BCUT2D eigenvalue weighted by atomic mass is 79.9. The smallest absolute Gasteiger partial charge is 0.144 e. The van der Waals surface area contributed by atoms with Crippen molar-refractivity contribution in [3.8, 4) is 0 Å². The first-order chi connectivity index (χ1) is 9.10. The van der Waals surface area contributed by atoms with Crippen LogP contribution in [0.2, 0.25) is 0 Å². The fourth-order valence-corrected chi connectivity index (χ4v) is 2.70. The molecule has 0 aliphatic carbocycles. The van der Waals surface area contributed by atoms with E-state index in [0.717, 1.165) is 21.5 Å². The number of aliphatic hydroxyl groups excluding tert-OH is 1. The third kappa shape index (κ3) is 3.71. The molecule has 0 radical (unpaired) electrons. The summed E-state index contributed by atoms with van der Waals surface area (Å²) in [6, 6.07) is -0.0922. The van der Waals surface area contributed by atoms with Gasteiger partial charge >= 0.3 is 0 Å². The number of halogens is 1. The molecule has 0 aromatic carbocycles. The van der Waals surface area contributed by atoms with Crippen molar-refractivity contribution in [1.29, 1.82) is 0 Å². The van der Waals surface area contributed by atoms with E-state index in [9.17, 15) is 5.11 Å². The second kappa shape index (κ2) is 6.40. The Morgan fingerprint density at radius 3 is 2.84 bits per heavy atom. The van der Waals surface area contributed by atoms with Gasteiger partial charge in [0.25, 0.3) is 0 Å². The van der Waals surface area contributed by atoms with E-state index in [0.29, 0.717) is 11.6 Å². The molecule has 19 heavy (non-hydrogen) atoms. The zero-order chi connectivity index (χ0) is 13.8. The van der Waals surface area contributed by atoms with Gasteiger partial charge in [0.2, 0.25) is 0 Å². The first-order valence-corrected chi connectivity index (χ1v) is 7.53. The Morgan fingerprint density at radius 1 is 1.42 bits per heavy atom. The number of hydrogen-bond acceptors (Lipinski definition) is 6. The minimum absolute atomic E-state index is 0.0342. The number of anilines is 1. The quantitative estimate of drug-likeness (QED) is 0.872. The van der Waals surface area contributed by atoms with Crippen molar-refractivity contribution in [2.45, 2.75) is 26.3 Å². The third-order valence-electron chi connectivity index (χ3n) is 2.62. The molecule has 0 aliphatic heterocycles. The molecule has 2 aromatic heterocycles. The molecule has 102 valence electrons. The summed E-state index contributed by atoms with van der Waals surface area (Å²) >= 11 is 5.05. The highest BCUT2D eigenvalue weighted by Crippen LogP contribution is 2.24. The van der Waals surface area contributed by atoms with Crippen LogP contribution in [0, 0.1) is 13.8 Å². The van der Waals surface area contributed by atoms with Gasteiger partial charge in [0, 0.05) is 17.5 Å². The standard InChI is InChI=1S/C12H15BrN4OS/c1-7-11(13)12(16-8(2)15-7)17-9(5-18)3-10-4-14-6-19-10/h4,6,9,18H,3,5H2,1-2H3,(H,15,16,17). The molecular formula is C12H15BrN4OS. The molecule has 2 heterocycles. The number of thiazole rings is 1. The molecule has 0 saturated heterocycles. The van der Waals surface area contributed by atoms with Crippen molar-refractivity contribution in [3.63, 3.8) is 0 Å². The molecule has 1 unspecified atom stereocenters. The second-order valence-electron chi connectivity index (χ2n) is 4.21. The average molecular weight is 343 g/mol. The molecule has 5 nitrogen and oxygen atoms in total. The van der Waals surface area contributed by atoms with Crippen molar-refractivity contribution >= 4 is 33.1 Å². The number of aryl methyl sites for hydroxylation is 2. The van der Waals surface area contributed by atoms with Gasteiger partial charge in [0.05, 0.1) is 28.3 Å². The van der Waals surface area contributed by atoms with E-state index >= 15 is 0 Å². The minimum atomic E-state index is -0.0922. The van der Waals surface area contributed by atoms with Gasteiger partial charge in [-0.1, -0.05) is 0 Å². The largest absolute Gasteiger partial charge is 0.394 e. The van der Waals surface area contributed by atoms with E-state index in [4.69, 9.17) is 0 Å². The maximum absolute atomic E-state index is 9.48. The molecule has 0 saturated carbocycles. The Bertz CT molecular complexity index is 547. The Labute approximate surface area is 124 Å². The van der Waals surface area contributed by atoms with Crippen LogP contribution in [0.15, 0.2) is 16.2 Å². The summed E-state index contributed by atoms with van der Waals surface area (Å²) in [5.41, 5.74) is 2.67. The van der Waals surface area contributed by atoms with Crippen molar-refractivity contribution in [2.24, 2.45) is 0 Å². The van der Waals surface area contributed by atoms with E-state index in [1.807, 2.05) is 20.0 Å².